The van der Waals surface area contributed by atoms with Crippen LogP contribution in [0.3, 0.4) is 0 Å². The van der Waals surface area contributed by atoms with Crippen LogP contribution in [-0.4, -0.2) is 22.3 Å². The standard InChI is InChI=1S/C16H24O3/c17-13-4-6-15-12(9-13)3-2-11-7-10(8-16(18)19)1-5-14(11)15/h8,11-15,17H,1-7,9H2,(H,18,19)/b10-8-/t11-,12-,13-,14-,15-/m1/s1. The molecule has 3 rings (SSSR count). The number of aliphatic hydroxyl groups excluding tert-OH is 1. The van der Waals surface area contributed by atoms with Crippen LogP contribution < -0.4 is 0 Å². The Morgan fingerprint density at radius 1 is 1.05 bits per heavy atom. The number of aliphatic hydroxyl groups is 1. The van der Waals surface area contributed by atoms with Gasteiger partial charge in [0.15, 0.2) is 0 Å². The Bertz CT molecular complexity index is 387. The molecule has 3 nitrogen and oxygen atoms in total. The van der Waals surface area contributed by atoms with E-state index in [-0.39, 0.29) is 6.10 Å². The second kappa shape index (κ2) is 5.28. The summed E-state index contributed by atoms with van der Waals surface area (Å²) in [5.74, 6) is 2.24. The van der Waals surface area contributed by atoms with Gasteiger partial charge in [0, 0.05) is 6.08 Å². The number of hydrogen-bond donors (Lipinski definition) is 2. The lowest BCUT2D eigenvalue weighted by Crippen LogP contribution is -2.41. The van der Waals surface area contributed by atoms with Crippen LogP contribution in [0, 0.1) is 23.7 Å². The second-order valence-corrected chi connectivity index (χ2v) is 6.78. The Hall–Kier alpha value is -0.830. The molecule has 0 unspecified atom stereocenters. The zero-order valence-corrected chi connectivity index (χ0v) is 11.4. The van der Waals surface area contributed by atoms with E-state index in [0.29, 0.717) is 5.92 Å². The van der Waals surface area contributed by atoms with Crippen molar-refractivity contribution in [3.8, 4) is 0 Å². The SMILES string of the molecule is O=C(O)/C=C1/CC[C@@H]2[C@H](CC[C@@H]3C[C@H](O)CC[C@H]32)C1. The van der Waals surface area contributed by atoms with Crippen molar-refractivity contribution >= 4 is 5.97 Å². The molecule has 106 valence electrons. The number of rotatable bonds is 1. The number of allylic oxidation sites excluding steroid dienone is 1. The van der Waals surface area contributed by atoms with Gasteiger partial charge in [-0.3, -0.25) is 0 Å². The molecule has 0 radical (unpaired) electrons. The molecule has 0 aromatic heterocycles. The topological polar surface area (TPSA) is 57.5 Å². The average molecular weight is 264 g/mol. The third kappa shape index (κ3) is 2.71. The fourth-order valence-corrected chi connectivity index (χ4v) is 4.95. The van der Waals surface area contributed by atoms with Crippen LogP contribution >= 0.6 is 0 Å². The molecular formula is C16H24O3. The molecule has 3 aliphatic carbocycles. The zero-order valence-electron chi connectivity index (χ0n) is 11.4. The Balaban J connectivity index is 1.69. The quantitative estimate of drug-likeness (QED) is 0.716. The van der Waals surface area contributed by atoms with E-state index in [0.717, 1.165) is 49.0 Å². The highest BCUT2D eigenvalue weighted by Crippen LogP contribution is 2.52. The van der Waals surface area contributed by atoms with Crippen LogP contribution in [-0.2, 0) is 4.79 Å². The van der Waals surface area contributed by atoms with E-state index in [1.165, 1.54) is 31.8 Å². The van der Waals surface area contributed by atoms with Gasteiger partial charge in [-0.1, -0.05) is 5.57 Å². The van der Waals surface area contributed by atoms with Crippen LogP contribution in [0.5, 0.6) is 0 Å². The third-order valence-electron chi connectivity index (χ3n) is 5.73. The highest BCUT2D eigenvalue weighted by molar-refractivity contribution is 5.80. The summed E-state index contributed by atoms with van der Waals surface area (Å²) in [6.45, 7) is 0. The summed E-state index contributed by atoms with van der Waals surface area (Å²) in [5, 5.41) is 18.7. The fraction of sp³-hybridized carbons (Fsp3) is 0.812. The van der Waals surface area contributed by atoms with E-state index < -0.39 is 5.97 Å². The summed E-state index contributed by atoms with van der Waals surface area (Å²) in [7, 11) is 0. The zero-order chi connectivity index (χ0) is 13.4. The summed E-state index contributed by atoms with van der Waals surface area (Å²) in [5.41, 5.74) is 1.14. The van der Waals surface area contributed by atoms with Crippen molar-refractivity contribution < 1.29 is 15.0 Å². The lowest BCUT2D eigenvalue weighted by atomic mass is 9.57. The van der Waals surface area contributed by atoms with Crippen LogP contribution in [0.4, 0.5) is 0 Å². The first kappa shape index (κ1) is 13.2. The molecule has 0 aromatic carbocycles. The van der Waals surface area contributed by atoms with Crippen LogP contribution in [0.15, 0.2) is 11.6 Å². The van der Waals surface area contributed by atoms with E-state index in [1.807, 2.05) is 0 Å². The number of carbonyl (C=O) groups is 1. The highest BCUT2D eigenvalue weighted by atomic mass is 16.4. The average Bonchev–Trinajstić information content (AvgIpc) is 2.37. The molecule has 0 aromatic rings. The number of carboxylic acid groups (broad SMARTS) is 1. The maximum atomic E-state index is 10.8. The minimum atomic E-state index is -0.789. The largest absolute Gasteiger partial charge is 0.478 e. The van der Waals surface area contributed by atoms with Crippen molar-refractivity contribution in [1.29, 1.82) is 0 Å². The predicted octanol–water partition coefficient (Wildman–Crippen LogP) is 2.98. The molecule has 0 spiro atoms. The van der Waals surface area contributed by atoms with Gasteiger partial charge in [0.1, 0.15) is 0 Å². The lowest BCUT2D eigenvalue weighted by molar-refractivity contribution is -0.131. The third-order valence-corrected chi connectivity index (χ3v) is 5.73. The molecular weight excluding hydrogens is 240 g/mol. The summed E-state index contributed by atoms with van der Waals surface area (Å²) >= 11 is 0. The van der Waals surface area contributed by atoms with E-state index in [1.54, 1.807) is 0 Å². The Kier molecular flexibility index (Phi) is 3.66. The van der Waals surface area contributed by atoms with Crippen LogP contribution in [0.1, 0.15) is 51.4 Å². The Morgan fingerprint density at radius 3 is 2.58 bits per heavy atom. The highest BCUT2D eigenvalue weighted by Gasteiger charge is 2.43. The van der Waals surface area contributed by atoms with E-state index >= 15 is 0 Å². The van der Waals surface area contributed by atoms with Gasteiger partial charge in [0.05, 0.1) is 6.10 Å². The minimum Gasteiger partial charge on any atom is -0.478 e. The number of carboxylic acids is 1. The van der Waals surface area contributed by atoms with E-state index in [4.69, 9.17) is 5.11 Å². The van der Waals surface area contributed by atoms with Crippen molar-refractivity contribution in [2.24, 2.45) is 23.7 Å². The van der Waals surface area contributed by atoms with Gasteiger partial charge in [-0.2, -0.15) is 0 Å². The first-order valence-corrected chi connectivity index (χ1v) is 7.74. The van der Waals surface area contributed by atoms with Gasteiger partial charge in [-0.25, -0.2) is 4.79 Å². The first-order chi connectivity index (χ1) is 9.13. The number of aliphatic carboxylic acids is 1. The molecule has 0 heterocycles. The van der Waals surface area contributed by atoms with Crippen molar-refractivity contribution in [1.82, 2.24) is 0 Å². The molecule has 5 atom stereocenters. The van der Waals surface area contributed by atoms with Gasteiger partial charge in [-0.15, -0.1) is 0 Å². The summed E-state index contributed by atoms with van der Waals surface area (Å²) in [4.78, 5) is 10.8. The van der Waals surface area contributed by atoms with Gasteiger partial charge in [0.2, 0.25) is 0 Å². The molecule has 0 bridgehead atoms. The summed E-state index contributed by atoms with van der Waals surface area (Å²) in [6, 6.07) is 0. The normalized spacial score (nSPS) is 44.5. The fourth-order valence-electron chi connectivity index (χ4n) is 4.95. The molecule has 3 fully saturated rings. The molecule has 3 heteroatoms. The van der Waals surface area contributed by atoms with Crippen molar-refractivity contribution in [2.45, 2.75) is 57.5 Å². The first-order valence-electron chi connectivity index (χ1n) is 7.74. The summed E-state index contributed by atoms with van der Waals surface area (Å²) in [6.07, 6.45) is 10.2. The van der Waals surface area contributed by atoms with Gasteiger partial charge < -0.3 is 10.2 Å². The smallest absolute Gasteiger partial charge is 0.328 e. The molecule has 3 aliphatic rings. The number of fused-ring (bicyclic) bond motifs is 3. The summed E-state index contributed by atoms with van der Waals surface area (Å²) < 4.78 is 0. The second-order valence-electron chi connectivity index (χ2n) is 6.78. The van der Waals surface area contributed by atoms with E-state index in [2.05, 4.69) is 0 Å². The van der Waals surface area contributed by atoms with E-state index in [9.17, 15) is 9.90 Å². The van der Waals surface area contributed by atoms with Gasteiger partial charge >= 0.3 is 5.97 Å². The van der Waals surface area contributed by atoms with Gasteiger partial charge in [-0.05, 0) is 75.0 Å². The number of hydrogen-bond acceptors (Lipinski definition) is 2. The maximum absolute atomic E-state index is 10.8. The predicted molar refractivity (Wildman–Crippen MR) is 72.6 cm³/mol. The Labute approximate surface area is 114 Å². The maximum Gasteiger partial charge on any atom is 0.328 e. The van der Waals surface area contributed by atoms with Crippen LogP contribution in [0.25, 0.3) is 0 Å². The molecule has 0 saturated heterocycles. The van der Waals surface area contributed by atoms with Crippen LogP contribution in [0.2, 0.25) is 0 Å². The lowest BCUT2D eigenvalue weighted by Gasteiger charge is -2.49. The molecule has 0 amide bonds. The van der Waals surface area contributed by atoms with Crippen molar-refractivity contribution in [3.05, 3.63) is 11.6 Å². The monoisotopic (exact) mass is 264 g/mol. The molecule has 2 N–H and O–H groups in total. The minimum absolute atomic E-state index is 0.0659. The molecule has 3 saturated carbocycles. The van der Waals surface area contributed by atoms with Gasteiger partial charge in [0.25, 0.3) is 0 Å². The molecule has 0 aliphatic heterocycles. The Morgan fingerprint density at radius 2 is 1.79 bits per heavy atom. The molecule has 19 heavy (non-hydrogen) atoms. The van der Waals surface area contributed by atoms with Crippen molar-refractivity contribution in [3.63, 3.8) is 0 Å². The van der Waals surface area contributed by atoms with Crippen molar-refractivity contribution in [2.75, 3.05) is 0 Å².